The lowest BCUT2D eigenvalue weighted by Gasteiger charge is -2.12. The van der Waals surface area contributed by atoms with Crippen molar-refractivity contribution in [1.82, 2.24) is 0 Å². The number of carbonyl (C=O) groups excluding carboxylic acids is 1. The summed E-state index contributed by atoms with van der Waals surface area (Å²) in [5.41, 5.74) is 0.593. The molecule has 1 rings (SSSR count). The zero-order valence-corrected chi connectivity index (χ0v) is 11.3. The molecular weight excluding hydrogens is 272 g/mol. The highest BCUT2D eigenvalue weighted by Gasteiger charge is 2.12. The molecule has 0 aliphatic rings. The van der Waals surface area contributed by atoms with E-state index >= 15 is 0 Å². The Morgan fingerprint density at radius 2 is 1.62 bits per heavy atom. The first-order valence-corrected chi connectivity index (χ1v) is 5.99. The quantitative estimate of drug-likeness (QED) is 0.778. The molecule has 3 nitrogen and oxygen atoms in total. The molecule has 0 unspecified atom stereocenters. The average Bonchev–Trinajstić information content (AvgIpc) is 2.24. The molecule has 4 heteroatoms. The van der Waals surface area contributed by atoms with Crippen molar-refractivity contribution in [3.63, 3.8) is 0 Å². The van der Waals surface area contributed by atoms with E-state index in [1.54, 1.807) is 12.1 Å². The fraction of sp³-hybridized carbons (Fsp3) is 0.417. The van der Waals surface area contributed by atoms with Gasteiger partial charge in [-0.2, -0.15) is 0 Å². The van der Waals surface area contributed by atoms with Crippen LogP contribution in [0.5, 0.6) is 11.5 Å². The van der Waals surface area contributed by atoms with Gasteiger partial charge in [0, 0.05) is 5.56 Å². The summed E-state index contributed by atoms with van der Waals surface area (Å²) in [6, 6.07) is 3.44. The van der Waals surface area contributed by atoms with Crippen molar-refractivity contribution in [3.05, 3.63) is 22.2 Å². The number of ether oxygens (including phenoxy) is 2. The lowest BCUT2D eigenvalue weighted by Crippen LogP contribution is -2.01. The predicted octanol–water partition coefficient (Wildman–Crippen LogP) is 3.45. The SMILES string of the molecule is CCOc1cc(C(C)=O)cc(OCC)c1Br. The van der Waals surface area contributed by atoms with Gasteiger partial charge in [0.2, 0.25) is 0 Å². The molecule has 0 heterocycles. The fourth-order valence-electron chi connectivity index (χ4n) is 1.30. The van der Waals surface area contributed by atoms with Crippen molar-refractivity contribution in [1.29, 1.82) is 0 Å². The second-order valence-corrected chi connectivity index (χ2v) is 4.00. The van der Waals surface area contributed by atoms with Crippen molar-refractivity contribution < 1.29 is 14.3 Å². The highest BCUT2D eigenvalue weighted by Crippen LogP contribution is 2.36. The molecule has 0 aromatic heterocycles. The van der Waals surface area contributed by atoms with Gasteiger partial charge in [0.1, 0.15) is 16.0 Å². The molecule has 0 aliphatic carbocycles. The smallest absolute Gasteiger partial charge is 0.160 e. The topological polar surface area (TPSA) is 35.5 Å². The molecule has 0 saturated carbocycles. The van der Waals surface area contributed by atoms with Crippen molar-refractivity contribution in [2.75, 3.05) is 13.2 Å². The van der Waals surface area contributed by atoms with Gasteiger partial charge in [-0.3, -0.25) is 4.79 Å². The first-order valence-electron chi connectivity index (χ1n) is 5.20. The molecular formula is C12H15BrO3. The number of carbonyl (C=O) groups is 1. The number of hydrogen-bond acceptors (Lipinski definition) is 3. The molecule has 0 fully saturated rings. The zero-order valence-electron chi connectivity index (χ0n) is 9.67. The summed E-state index contributed by atoms with van der Waals surface area (Å²) < 4.78 is 11.6. The van der Waals surface area contributed by atoms with E-state index in [9.17, 15) is 4.79 Å². The van der Waals surface area contributed by atoms with Crippen molar-refractivity contribution >= 4 is 21.7 Å². The summed E-state index contributed by atoms with van der Waals surface area (Å²) in [6.07, 6.45) is 0. The minimum absolute atomic E-state index is 0.00518. The normalized spacial score (nSPS) is 10.0. The molecule has 1 aromatic carbocycles. The lowest BCUT2D eigenvalue weighted by atomic mass is 10.1. The summed E-state index contributed by atoms with van der Waals surface area (Å²) in [5.74, 6) is 1.27. The summed E-state index contributed by atoms with van der Waals surface area (Å²) in [5, 5.41) is 0. The lowest BCUT2D eigenvalue weighted by molar-refractivity contribution is 0.101. The largest absolute Gasteiger partial charge is 0.493 e. The van der Waals surface area contributed by atoms with Crippen LogP contribution in [0.2, 0.25) is 0 Å². The van der Waals surface area contributed by atoms with Crippen LogP contribution in [0.4, 0.5) is 0 Å². The molecule has 0 bridgehead atoms. The number of rotatable bonds is 5. The Morgan fingerprint density at radius 1 is 1.19 bits per heavy atom. The van der Waals surface area contributed by atoms with E-state index in [1.165, 1.54) is 6.92 Å². The first kappa shape index (κ1) is 13.0. The second kappa shape index (κ2) is 5.89. The third kappa shape index (κ3) is 2.98. The maximum atomic E-state index is 11.3. The monoisotopic (exact) mass is 286 g/mol. The van der Waals surface area contributed by atoms with Crippen LogP contribution in [0.1, 0.15) is 31.1 Å². The Labute approximate surface area is 104 Å². The molecule has 0 saturated heterocycles. The Hall–Kier alpha value is -1.03. The van der Waals surface area contributed by atoms with Crippen LogP contribution in [0, 0.1) is 0 Å². The summed E-state index contributed by atoms with van der Waals surface area (Å²) >= 11 is 3.41. The zero-order chi connectivity index (χ0) is 12.1. The van der Waals surface area contributed by atoms with E-state index in [0.717, 1.165) is 4.47 Å². The van der Waals surface area contributed by atoms with Gasteiger partial charge in [-0.25, -0.2) is 0 Å². The number of Topliss-reactive ketones (excluding diaryl/α,β-unsaturated/α-hetero) is 1. The molecule has 1 aromatic rings. The third-order valence-corrected chi connectivity index (χ3v) is 2.79. The average molecular weight is 287 g/mol. The molecule has 0 aliphatic heterocycles. The van der Waals surface area contributed by atoms with E-state index in [2.05, 4.69) is 15.9 Å². The van der Waals surface area contributed by atoms with Gasteiger partial charge in [-0.05, 0) is 48.8 Å². The van der Waals surface area contributed by atoms with Gasteiger partial charge in [0.25, 0.3) is 0 Å². The van der Waals surface area contributed by atoms with E-state index < -0.39 is 0 Å². The molecule has 0 atom stereocenters. The van der Waals surface area contributed by atoms with Crippen LogP contribution >= 0.6 is 15.9 Å². The van der Waals surface area contributed by atoms with Gasteiger partial charge >= 0.3 is 0 Å². The first-order chi connectivity index (χ1) is 7.60. The van der Waals surface area contributed by atoms with Gasteiger partial charge in [-0.1, -0.05) is 0 Å². The van der Waals surface area contributed by atoms with Crippen LogP contribution in [0.25, 0.3) is 0 Å². The van der Waals surface area contributed by atoms with E-state index in [1.807, 2.05) is 13.8 Å². The Morgan fingerprint density at radius 3 is 1.94 bits per heavy atom. The van der Waals surface area contributed by atoms with Crippen molar-refractivity contribution in [2.45, 2.75) is 20.8 Å². The van der Waals surface area contributed by atoms with Crippen molar-refractivity contribution in [2.24, 2.45) is 0 Å². The van der Waals surface area contributed by atoms with Gasteiger partial charge in [0.05, 0.1) is 13.2 Å². The van der Waals surface area contributed by atoms with Gasteiger partial charge in [0.15, 0.2) is 5.78 Å². The maximum Gasteiger partial charge on any atom is 0.160 e. The fourth-order valence-corrected chi connectivity index (χ4v) is 1.75. The van der Waals surface area contributed by atoms with Crippen LogP contribution in [-0.4, -0.2) is 19.0 Å². The number of hydrogen-bond donors (Lipinski definition) is 0. The number of benzene rings is 1. The second-order valence-electron chi connectivity index (χ2n) is 3.21. The minimum atomic E-state index is -0.00518. The molecule has 88 valence electrons. The van der Waals surface area contributed by atoms with E-state index in [4.69, 9.17) is 9.47 Å². The molecule has 0 amide bonds. The van der Waals surface area contributed by atoms with Gasteiger partial charge in [-0.15, -0.1) is 0 Å². The molecule has 0 spiro atoms. The third-order valence-electron chi connectivity index (χ3n) is 2.01. The molecule has 16 heavy (non-hydrogen) atoms. The summed E-state index contributed by atoms with van der Waals surface area (Å²) in [4.78, 5) is 11.3. The molecule has 0 N–H and O–H groups in total. The van der Waals surface area contributed by atoms with Crippen LogP contribution in [0.15, 0.2) is 16.6 Å². The highest BCUT2D eigenvalue weighted by atomic mass is 79.9. The van der Waals surface area contributed by atoms with Gasteiger partial charge < -0.3 is 9.47 Å². The minimum Gasteiger partial charge on any atom is -0.493 e. The van der Waals surface area contributed by atoms with E-state index in [0.29, 0.717) is 30.3 Å². The number of ketones is 1. The van der Waals surface area contributed by atoms with Crippen LogP contribution < -0.4 is 9.47 Å². The summed E-state index contributed by atoms with van der Waals surface area (Å²) in [7, 11) is 0. The Kier molecular flexibility index (Phi) is 4.80. The van der Waals surface area contributed by atoms with E-state index in [-0.39, 0.29) is 5.78 Å². The number of halogens is 1. The summed E-state index contributed by atoms with van der Waals surface area (Å²) in [6.45, 7) is 6.41. The van der Waals surface area contributed by atoms with Crippen LogP contribution in [0.3, 0.4) is 0 Å². The molecule has 0 radical (unpaired) electrons. The van der Waals surface area contributed by atoms with Crippen molar-refractivity contribution in [3.8, 4) is 11.5 Å². The highest BCUT2D eigenvalue weighted by molar-refractivity contribution is 9.10. The predicted molar refractivity (Wildman–Crippen MR) is 66.5 cm³/mol. The van der Waals surface area contributed by atoms with Crippen LogP contribution in [-0.2, 0) is 0 Å². The maximum absolute atomic E-state index is 11.3. The Bertz CT molecular complexity index is 361. The standard InChI is InChI=1S/C12H15BrO3/c1-4-15-10-6-9(8(3)14)7-11(12(10)13)16-5-2/h6-7H,4-5H2,1-3H3. The Balaban J connectivity index is 3.21.